The second-order valence-electron chi connectivity index (χ2n) is 4.56. The number of thiazole rings is 1. The van der Waals surface area contributed by atoms with Gasteiger partial charge in [0, 0.05) is 17.0 Å². The maximum atomic E-state index is 5.78. The van der Waals surface area contributed by atoms with Crippen molar-refractivity contribution in [1.82, 2.24) is 4.98 Å². The molecular formula is C14H18N2S. The van der Waals surface area contributed by atoms with Gasteiger partial charge < -0.3 is 5.73 Å². The van der Waals surface area contributed by atoms with Crippen LogP contribution in [0.2, 0.25) is 0 Å². The molecule has 3 heteroatoms. The monoisotopic (exact) mass is 246 g/mol. The van der Waals surface area contributed by atoms with Crippen LogP contribution in [0.5, 0.6) is 0 Å². The minimum absolute atomic E-state index is 0.434. The smallest absolute Gasteiger partial charge is 0.123 e. The Labute approximate surface area is 107 Å². The van der Waals surface area contributed by atoms with Crippen molar-refractivity contribution in [2.75, 3.05) is 0 Å². The topological polar surface area (TPSA) is 38.9 Å². The second kappa shape index (κ2) is 4.98. The summed E-state index contributed by atoms with van der Waals surface area (Å²) in [5, 5.41) is 1.08. The van der Waals surface area contributed by atoms with Crippen LogP contribution in [0.1, 0.15) is 35.9 Å². The maximum Gasteiger partial charge on any atom is 0.123 e. The summed E-state index contributed by atoms with van der Waals surface area (Å²) in [4.78, 5) is 5.94. The van der Waals surface area contributed by atoms with E-state index in [0.717, 1.165) is 10.7 Å². The van der Waals surface area contributed by atoms with Crippen molar-refractivity contribution >= 4 is 11.3 Å². The molecule has 1 aromatic heterocycles. The number of nitrogens with zero attached hydrogens (tertiary/aromatic N) is 1. The Morgan fingerprint density at radius 1 is 1.35 bits per heavy atom. The third kappa shape index (κ3) is 2.56. The minimum Gasteiger partial charge on any atom is -0.326 e. The summed E-state index contributed by atoms with van der Waals surface area (Å²) in [7, 11) is 0. The first-order valence-electron chi connectivity index (χ1n) is 5.88. The molecule has 1 aromatic carbocycles. The van der Waals surface area contributed by atoms with E-state index < -0.39 is 0 Å². The fraction of sp³-hybridized carbons (Fsp3) is 0.357. The van der Waals surface area contributed by atoms with Gasteiger partial charge in [0.05, 0.1) is 5.69 Å². The predicted molar refractivity (Wildman–Crippen MR) is 74.3 cm³/mol. The van der Waals surface area contributed by atoms with E-state index in [9.17, 15) is 0 Å². The lowest BCUT2D eigenvalue weighted by molar-refractivity contribution is 0.814. The van der Waals surface area contributed by atoms with E-state index in [-0.39, 0.29) is 0 Å². The molecule has 0 spiro atoms. The maximum absolute atomic E-state index is 5.78. The first-order valence-corrected chi connectivity index (χ1v) is 6.70. The lowest BCUT2D eigenvalue weighted by atomic mass is 10.1. The number of hydrogen-bond donors (Lipinski definition) is 1. The van der Waals surface area contributed by atoms with Crippen LogP contribution in [0.25, 0.3) is 10.6 Å². The molecule has 0 amide bonds. The second-order valence-corrected chi connectivity index (χ2v) is 5.64. The standard InChI is InChI=1S/C14H18N2S/c1-9(2)13-12(8-15)17-14(16-13)11-6-4-5-10(3)7-11/h4-7,9H,8,15H2,1-3H3. The Hall–Kier alpha value is -1.19. The highest BCUT2D eigenvalue weighted by Crippen LogP contribution is 2.31. The van der Waals surface area contributed by atoms with Gasteiger partial charge in [0.1, 0.15) is 5.01 Å². The zero-order valence-electron chi connectivity index (χ0n) is 10.5. The van der Waals surface area contributed by atoms with Crippen molar-refractivity contribution in [1.29, 1.82) is 0 Å². The van der Waals surface area contributed by atoms with Crippen LogP contribution in [0.4, 0.5) is 0 Å². The summed E-state index contributed by atoms with van der Waals surface area (Å²) < 4.78 is 0. The Morgan fingerprint density at radius 3 is 2.65 bits per heavy atom. The highest BCUT2D eigenvalue weighted by molar-refractivity contribution is 7.15. The predicted octanol–water partition coefficient (Wildman–Crippen LogP) is 3.70. The number of aromatic nitrogens is 1. The van der Waals surface area contributed by atoms with E-state index in [0.29, 0.717) is 12.5 Å². The average molecular weight is 246 g/mol. The number of aryl methyl sites for hydroxylation is 1. The molecule has 0 saturated carbocycles. The summed E-state index contributed by atoms with van der Waals surface area (Å²) in [6.45, 7) is 7.00. The highest BCUT2D eigenvalue weighted by Gasteiger charge is 2.13. The Balaban J connectivity index is 2.46. The lowest BCUT2D eigenvalue weighted by Gasteiger charge is -2.01. The summed E-state index contributed by atoms with van der Waals surface area (Å²) in [6, 6.07) is 8.45. The fourth-order valence-corrected chi connectivity index (χ4v) is 2.95. The molecule has 0 aliphatic carbocycles. The lowest BCUT2D eigenvalue weighted by Crippen LogP contribution is -1.99. The molecule has 0 saturated heterocycles. The van der Waals surface area contributed by atoms with Crippen molar-refractivity contribution in [3.05, 3.63) is 40.4 Å². The first-order chi connectivity index (χ1) is 8.11. The number of hydrogen-bond acceptors (Lipinski definition) is 3. The molecule has 2 N–H and O–H groups in total. The molecule has 0 fully saturated rings. The third-order valence-corrected chi connectivity index (χ3v) is 3.87. The average Bonchev–Trinajstić information content (AvgIpc) is 2.73. The molecule has 90 valence electrons. The number of benzene rings is 1. The van der Waals surface area contributed by atoms with Gasteiger partial charge in [-0.25, -0.2) is 4.98 Å². The third-order valence-electron chi connectivity index (χ3n) is 2.72. The van der Waals surface area contributed by atoms with Crippen LogP contribution in [0.3, 0.4) is 0 Å². The van der Waals surface area contributed by atoms with Gasteiger partial charge in [-0.3, -0.25) is 0 Å². The van der Waals surface area contributed by atoms with Crippen molar-refractivity contribution < 1.29 is 0 Å². The molecule has 0 radical (unpaired) electrons. The SMILES string of the molecule is Cc1cccc(-c2nc(C(C)C)c(CN)s2)c1. The molecule has 0 aliphatic rings. The van der Waals surface area contributed by atoms with E-state index in [1.165, 1.54) is 16.0 Å². The van der Waals surface area contributed by atoms with Crippen molar-refractivity contribution in [2.45, 2.75) is 33.2 Å². The first kappa shape index (κ1) is 12.3. The van der Waals surface area contributed by atoms with Crippen molar-refractivity contribution in [3.8, 4) is 10.6 Å². The molecule has 0 atom stereocenters. The zero-order valence-corrected chi connectivity index (χ0v) is 11.3. The molecule has 0 unspecified atom stereocenters. The number of rotatable bonds is 3. The Bertz CT molecular complexity index is 515. The number of nitrogens with two attached hydrogens (primary N) is 1. The van der Waals surface area contributed by atoms with E-state index in [1.807, 2.05) is 0 Å². The van der Waals surface area contributed by atoms with E-state index in [2.05, 4.69) is 45.0 Å². The van der Waals surface area contributed by atoms with Crippen LogP contribution in [-0.2, 0) is 6.54 Å². The van der Waals surface area contributed by atoms with Gasteiger partial charge in [-0.1, -0.05) is 37.6 Å². The van der Waals surface area contributed by atoms with Gasteiger partial charge in [0.15, 0.2) is 0 Å². The van der Waals surface area contributed by atoms with E-state index in [4.69, 9.17) is 10.7 Å². The molecule has 0 bridgehead atoms. The Kier molecular flexibility index (Phi) is 3.60. The molecule has 0 aliphatic heterocycles. The van der Waals surface area contributed by atoms with E-state index >= 15 is 0 Å². The summed E-state index contributed by atoms with van der Waals surface area (Å²) in [5.74, 6) is 0.434. The summed E-state index contributed by atoms with van der Waals surface area (Å²) in [5.41, 5.74) is 9.38. The summed E-state index contributed by atoms with van der Waals surface area (Å²) >= 11 is 1.71. The molecule has 17 heavy (non-hydrogen) atoms. The van der Waals surface area contributed by atoms with Crippen LogP contribution in [0.15, 0.2) is 24.3 Å². The van der Waals surface area contributed by atoms with Gasteiger partial charge >= 0.3 is 0 Å². The van der Waals surface area contributed by atoms with Crippen LogP contribution < -0.4 is 5.73 Å². The summed E-state index contributed by atoms with van der Waals surface area (Å²) in [6.07, 6.45) is 0. The largest absolute Gasteiger partial charge is 0.326 e. The zero-order chi connectivity index (χ0) is 12.4. The molecule has 2 rings (SSSR count). The van der Waals surface area contributed by atoms with Gasteiger partial charge in [-0.05, 0) is 18.9 Å². The van der Waals surface area contributed by atoms with Gasteiger partial charge in [-0.15, -0.1) is 11.3 Å². The Morgan fingerprint density at radius 2 is 2.12 bits per heavy atom. The normalized spacial score (nSPS) is 11.1. The molecule has 2 nitrogen and oxygen atoms in total. The van der Waals surface area contributed by atoms with Gasteiger partial charge in [0.25, 0.3) is 0 Å². The molecular weight excluding hydrogens is 228 g/mol. The van der Waals surface area contributed by atoms with Crippen LogP contribution >= 0.6 is 11.3 Å². The molecule has 2 aromatic rings. The van der Waals surface area contributed by atoms with Gasteiger partial charge in [-0.2, -0.15) is 0 Å². The van der Waals surface area contributed by atoms with Crippen LogP contribution in [0, 0.1) is 6.92 Å². The molecule has 1 heterocycles. The van der Waals surface area contributed by atoms with Crippen molar-refractivity contribution in [2.24, 2.45) is 5.73 Å². The van der Waals surface area contributed by atoms with E-state index in [1.54, 1.807) is 11.3 Å². The quantitative estimate of drug-likeness (QED) is 0.896. The fourth-order valence-electron chi connectivity index (χ4n) is 1.86. The minimum atomic E-state index is 0.434. The highest BCUT2D eigenvalue weighted by atomic mass is 32.1. The van der Waals surface area contributed by atoms with Crippen LogP contribution in [-0.4, -0.2) is 4.98 Å². The van der Waals surface area contributed by atoms with Crippen molar-refractivity contribution in [3.63, 3.8) is 0 Å². The van der Waals surface area contributed by atoms with Gasteiger partial charge in [0.2, 0.25) is 0 Å².